The number of alkyl halides is 5. The largest absolute Gasteiger partial charge is 0.501 e. The van der Waals surface area contributed by atoms with Crippen LogP contribution in [0.25, 0.3) is 0 Å². The molecule has 1 aromatic carbocycles. The van der Waals surface area contributed by atoms with E-state index in [0.717, 1.165) is 0 Å². The Labute approximate surface area is 131 Å². The summed E-state index contributed by atoms with van der Waals surface area (Å²) in [5.74, 6) is -5.34. The molecule has 0 saturated heterocycles. The summed E-state index contributed by atoms with van der Waals surface area (Å²) < 4.78 is 93.5. The first-order valence-electron chi connectivity index (χ1n) is 6.23. The number of primary amides is 1. The molecular formula is C12H10F5NO5S. The smallest absolute Gasteiger partial charge is 0.483 e. The summed E-state index contributed by atoms with van der Waals surface area (Å²) >= 11 is 0. The lowest BCUT2D eigenvalue weighted by atomic mass is 10.1. The monoisotopic (exact) mass is 375 g/mol. The number of rotatable bonds is 4. The minimum atomic E-state index is -5.97. The summed E-state index contributed by atoms with van der Waals surface area (Å²) in [7, 11) is -5.97. The highest BCUT2D eigenvalue weighted by Crippen LogP contribution is 2.50. The van der Waals surface area contributed by atoms with Gasteiger partial charge in [0.15, 0.2) is 6.61 Å². The summed E-state index contributed by atoms with van der Waals surface area (Å²) in [6.45, 7) is -0.764. The van der Waals surface area contributed by atoms with Crippen molar-refractivity contribution >= 4 is 15.7 Å². The van der Waals surface area contributed by atoms with Crippen LogP contribution in [0, 0.1) is 0 Å². The average Bonchev–Trinajstić information content (AvgIpc) is 2.66. The molecule has 1 atom stereocenters. The van der Waals surface area contributed by atoms with Crippen molar-refractivity contribution in [2.24, 2.45) is 5.73 Å². The Bertz CT molecular complexity index is 790. The molecule has 0 radical (unpaired) electrons. The van der Waals surface area contributed by atoms with Crippen LogP contribution in [0.2, 0.25) is 0 Å². The van der Waals surface area contributed by atoms with Gasteiger partial charge >= 0.3 is 5.51 Å². The Morgan fingerprint density at radius 3 is 2.46 bits per heavy atom. The van der Waals surface area contributed by atoms with E-state index in [-0.39, 0.29) is 0 Å². The number of ether oxygens (including phenoxy) is 1. The molecule has 12 heteroatoms. The Hall–Kier alpha value is -1.95. The molecule has 0 aliphatic heterocycles. The highest BCUT2D eigenvalue weighted by Gasteiger charge is 2.55. The van der Waals surface area contributed by atoms with Crippen LogP contribution in [-0.2, 0) is 21.1 Å². The van der Waals surface area contributed by atoms with E-state index in [1.54, 1.807) is 0 Å². The van der Waals surface area contributed by atoms with Crippen molar-refractivity contribution in [2.45, 2.75) is 28.9 Å². The summed E-state index contributed by atoms with van der Waals surface area (Å²) in [5, 5.41) is 9.59. The standard InChI is InChI=1S/C12H10F5NO5S/c13-11(14)3-5-6(23-4-8(18)19)1-2-7(9(5)10(11)20)24(21,22)12(15,16)17/h1-2,10,20H,3-4H2,(H2,18,19). The first-order chi connectivity index (χ1) is 10.8. The van der Waals surface area contributed by atoms with Gasteiger partial charge < -0.3 is 15.6 Å². The number of hydrogen-bond donors (Lipinski definition) is 2. The minimum absolute atomic E-state index is 0.391. The van der Waals surface area contributed by atoms with Gasteiger partial charge in [0.2, 0.25) is 0 Å². The molecule has 6 nitrogen and oxygen atoms in total. The second-order valence-corrected chi connectivity index (χ2v) is 6.91. The average molecular weight is 375 g/mol. The molecule has 24 heavy (non-hydrogen) atoms. The van der Waals surface area contributed by atoms with Crippen molar-refractivity contribution in [1.82, 2.24) is 0 Å². The Balaban J connectivity index is 2.67. The highest BCUT2D eigenvalue weighted by molar-refractivity contribution is 7.92. The first-order valence-corrected chi connectivity index (χ1v) is 7.71. The van der Waals surface area contributed by atoms with Crippen molar-refractivity contribution < 1.29 is 45.0 Å². The fourth-order valence-electron chi connectivity index (χ4n) is 2.29. The molecule has 0 aromatic heterocycles. The molecular weight excluding hydrogens is 365 g/mol. The lowest BCUT2D eigenvalue weighted by Gasteiger charge is -2.17. The number of sulfone groups is 1. The third-order valence-electron chi connectivity index (χ3n) is 3.32. The van der Waals surface area contributed by atoms with E-state index in [4.69, 9.17) is 10.5 Å². The third-order valence-corrected chi connectivity index (χ3v) is 4.87. The number of benzene rings is 1. The summed E-state index contributed by atoms with van der Waals surface area (Å²) in [5.41, 5.74) is -2.65. The maximum atomic E-state index is 13.7. The first kappa shape index (κ1) is 18.4. The lowest BCUT2D eigenvalue weighted by molar-refractivity contribution is -0.119. The number of carbonyl (C=O) groups excluding carboxylic acids is 1. The number of aliphatic hydroxyl groups excluding tert-OH is 1. The van der Waals surface area contributed by atoms with Crippen LogP contribution in [0.1, 0.15) is 17.2 Å². The summed E-state index contributed by atoms with van der Waals surface area (Å²) in [4.78, 5) is 9.19. The van der Waals surface area contributed by atoms with E-state index in [1.807, 2.05) is 0 Å². The summed E-state index contributed by atoms with van der Waals surface area (Å²) in [6, 6.07) is 1.09. The van der Waals surface area contributed by atoms with Crippen LogP contribution in [0.5, 0.6) is 5.75 Å². The molecule has 1 aromatic rings. The lowest BCUT2D eigenvalue weighted by Crippen LogP contribution is -2.26. The predicted molar refractivity (Wildman–Crippen MR) is 68.0 cm³/mol. The van der Waals surface area contributed by atoms with Crippen molar-refractivity contribution in [3.8, 4) is 5.75 Å². The van der Waals surface area contributed by atoms with Gasteiger partial charge in [0.1, 0.15) is 11.9 Å². The van der Waals surface area contributed by atoms with E-state index in [1.165, 1.54) is 0 Å². The Morgan fingerprint density at radius 2 is 1.96 bits per heavy atom. The van der Waals surface area contributed by atoms with Crippen LogP contribution in [-0.4, -0.2) is 37.5 Å². The van der Waals surface area contributed by atoms with Crippen molar-refractivity contribution in [2.75, 3.05) is 6.61 Å². The van der Waals surface area contributed by atoms with Crippen LogP contribution in [0.3, 0.4) is 0 Å². The van der Waals surface area contributed by atoms with Crippen LogP contribution in [0.4, 0.5) is 22.0 Å². The van der Waals surface area contributed by atoms with Gasteiger partial charge in [0, 0.05) is 17.5 Å². The molecule has 0 heterocycles. The van der Waals surface area contributed by atoms with Gasteiger partial charge in [-0.15, -0.1) is 0 Å². The molecule has 134 valence electrons. The maximum absolute atomic E-state index is 13.7. The molecule has 0 fully saturated rings. The fourth-order valence-corrected chi connectivity index (χ4v) is 3.31. The molecule has 1 amide bonds. The van der Waals surface area contributed by atoms with Crippen LogP contribution in [0.15, 0.2) is 17.0 Å². The van der Waals surface area contributed by atoms with Crippen molar-refractivity contribution in [3.05, 3.63) is 23.3 Å². The van der Waals surface area contributed by atoms with E-state index < -0.39 is 68.1 Å². The molecule has 0 saturated carbocycles. The quantitative estimate of drug-likeness (QED) is 0.766. The number of aliphatic hydroxyl groups is 1. The van der Waals surface area contributed by atoms with Gasteiger partial charge in [0.25, 0.3) is 21.7 Å². The molecule has 1 aliphatic carbocycles. The predicted octanol–water partition coefficient (Wildman–Crippen LogP) is 1.07. The van der Waals surface area contributed by atoms with E-state index >= 15 is 0 Å². The van der Waals surface area contributed by atoms with Gasteiger partial charge in [0.05, 0.1) is 4.90 Å². The van der Waals surface area contributed by atoms with Gasteiger partial charge in [-0.25, -0.2) is 17.2 Å². The van der Waals surface area contributed by atoms with E-state index in [9.17, 15) is 40.3 Å². The molecule has 0 spiro atoms. The van der Waals surface area contributed by atoms with Crippen LogP contribution < -0.4 is 10.5 Å². The number of amides is 1. The minimum Gasteiger partial charge on any atom is -0.483 e. The Kier molecular flexibility index (Phi) is 4.25. The SMILES string of the molecule is NC(=O)COc1ccc(S(=O)(=O)C(F)(F)F)c2c1CC(F)(F)C2O. The van der Waals surface area contributed by atoms with Crippen LogP contribution >= 0.6 is 0 Å². The summed E-state index contributed by atoms with van der Waals surface area (Å²) in [6.07, 6.45) is -4.02. The van der Waals surface area contributed by atoms with Gasteiger partial charge in [-0.05, 0) is 12.1 Å². The second kappa shape index (κ2) is 5.55. The molecule has 3 N–H and O–H groups in total. The maximum Gasteiger partial charge on any atom is 0.501 e. The zero-order chi connectivity index (χ0) is 18.5. The normalized spacial score (nSPS) is 19.8. The van der Waals surface area contributed by atoms with Gasteiger partial charge in [-0.3, -0.25) is 4.79 Å². The second-order valence-electron chi connectivity index (χ2n) is 5.00. The van der Waals surface area contributed by atoms with E-state index in [2.05, 4.69) is 0 Å². The number of halogens is 5. The number of nitrogens with two attached hydrogens (primary N) is 1. The zero-order valence-electron chi connectivity index (χ0n) is 11.6. The molecule has 2 rings (SSSR count). The molecule has 1 aliphatic rings. The Morgan fingerprint density at radius 1 is 1.38 bits per heavy atom. The molecule has 0 bridgehead atoms. The third kappa shape index (κ3) is 2.90. The van der Waals surface area contributed by atoms with Crippen molar-refractivity contribution in [1.29, 1.82) is 0 Å². The van der Waals surface area contributed by atoms with Gasteiger partial charge in [-0.1, -0.05) is 0 Å². The highest BCUT2D eigenvalue weighted by atomic mass is 32.2. The number of hydrogen-bond acceptors (Lipinski definition) is 5. The molecule has 1 unspecified atom stereocenters. The van der Waals surface area contributed by atoms with E-state index in [0.29, 0.717) is 12.1 Å². The topological polar surface area (TPSA) is 107 Å². The zero-order valence-corrected chi connectivity index (χ0v) is 12.4. The fraction of sp³-hybridized carbons (Fsp3) is 0.417. The number of fused-ring (bicyclic) bond motifs is 1. The number of carbonyl (C=O) groups is 1. The van der Waals surface area contributed by atoms with Crippen molar-refractivity contribution in [3.63, 3.8) is 0 Å². The van der Waals surface area contributed by atoms with Gasteiger partial charge in [-0.2, -0.15) is 13.2 Å².